The lowest BCUT2D eigenvalue weighted by atomic mass is 9.81. The molecule has 1 saturated heterocycles. The highest BCUT2D eigenvalue weighted by atomic mass is 16.4. The van der Waals surface area contributed by atoms with Crippen LogP contribution in [-0.2, 0) is 9.59 Å². The molecule has 1 aliphatic rings. The van der Waals surface area contributed by atoms with Crippen molar-refractivity contribution in [3.63, 3.8) is 0 Å². The van der Waals surface area contributed by atoms with Gasteiger partial charge in [0.2, 0.25) is 5.91 Å². The summed E-state index contributed by atoms with van der Waals surface area (Å²) in [6.45, 7) is 8.29. The second-order valence-electron chi connectivity index (χ2n) is 6.09. The number of carboxylic acid groups (broad SMARTS) is 1. The first-order valence-corrected chi connectivity index (χ1v) is 6.69. The van der Waals surface area contributed by atoms with Crippen LogP contribution in [0.5, 0.6) is 0 Å². The Kier molecular flexibility index (Phi) is 4.97. The number of aliphatic carboxylic acids is 1. The molecular weight excluding hydrogens is 262 g/mol. The molecule has 3 N–H and O–H groups in total. The van der Waals surface area contributed by atoms with Crippen LogP contribution >= 0.6 is 0 Å². The summed E-state index contributed by atoms with van der Waals surface area (Å²) >= 11 is 0. The molecule has 7 heteroatoms. The van der Waals surface area contributed by atoms with E-state index in [1.807, 2.05) is 13.8 Å². The molecule has 0 saturated carbocycles. The van der Waals surface area contributed by atoms with Crippen molar-refractivity contribution in [3.05, 3.63) is 0 Å². The van der Waals surface area contributed by atoms with E-state index in [-0.39, 0.29) is 24.4 Å². The number of carbonyl (C=O) groups is 3. The molecule has 0 aromatic heterocycles. The van der Waals surface area contributed by atoms with E-state index in [1.165, 1.54) is 0 Å². The van der Waals surface area contributed by atoms with Crippen molar-refractivity contribution in [1.29, 1.82) is 0 Å². The van der Waals surface area contributed by atoms with Crippen molar-refractivity contribution in [2.24, 2.45) is 11.3 Å². The zero-order valence-corrected chi connectivity index (χ0v) is 12.4. The summed E-state index contributed by atoms with van der Waals surface area (Å²) in [6, 6.07) is -1.53. The summed E-state index contributed by atoms with van der Waals surface area (Å²) in [5, 5.41) is 14.3. The van der Waals surface area contributed by atoms with Crippen LogP contribution in [0.1, 0.15) is 27.7 Å². The first-order chi connectivity index (χ1) is 9.15. The molecule has 1 atom stereocenters. The maximum atomic E-state index is 12.1. The number of amides is 3. The minimum atomic E-state index is -1.12. The van der Waals surface area contributed by atoms with Gasteiger partial charge in [-0.15, -0.1) is 0 Å². The third-order valence-electron chi connectivity index (χ3n) is 3.99. The molecule has 7 nitrogen and oxygen atoms in total. The Labute approximate surface area is 118 Å². The van der Waals surface area contributed by atoms with Gasteiger partial charge in [-0.25, -0.2) is 9.59 Å². The van der Waals surface area contributed by atoms with E-state index in [4.69, 9.17) is 5.11 Å². The van der Waals surface area contributed by atoms with Gasteiger partial charge in [-0.3, -0.25) is 9.69 Å². The van der Waals surface area contributed by atoms with Crippen molar-refractivity contribution in [3.8, 4) is 0 Å². The van der Waals surface area contributed by atoms with E-state index >= 15 is 0 Å². The van der Waals surface area contributed by atoms with Crippen LogP contribution in [0.25, 0.3) is 0 Å². The molecule has 0 spiro atoms. The fourth-order valence-corrected chi connectivity index (χ4v) is 1.68. The summed E-state index contributed by atoms with van der Waals surface area (Å²) in [7, 11) is 0. The average molecular weight is 285 g/mol. The van der Waals surface area contributed by atoms with Crippen LogP contribution in [0.3, 0.4) is 0 Å². The van der Waals surface area contributed by atoms with Crippen molar-refractivity contribution < 1.29 is 19.5 Å². The Balaban J connectivity index is 2.68. The molecule has 0 radical (unpaired) electrons. The Morgan fingerprint density at radius 1 is 1.50 bits per heavy atom. The van der Waals surface area contributed by atoms with Gasteiger partial charge >= 0.3 is 12.0 Å². The van der Waals surface area contributed by atoms with Gasteiger partial charge in [0.1, 0.15) is 12.6 Å². The summed E-state index contributed by atoms with van der Waals surface area (Å²) in [6.07, 6.45) is 0. The number of nitrogens with one attached hydrogen (secondary N) is 2. The number of urea groups is 1. The zero-order chi connectivity index (χ0) is 15.5. The van der Waals surface area contributed by atoms with Crippen molar-refractivity contribution in [2.45, 2.75) is 33.7 Å². The minimum absolute atomic E-state index is 0.0604. The second kappa shape index (κ2) is 6.11. The number of hydrogen-bond acceptors (Lipinski definition) is 3. The fraction of sp³-hybridized carbons (Fsp3) is 0.769. The maximum Gasteiger partial charge on any atom is 0.328 e. The first kappa shape index (κ1) is 16.3. The molecule has 114 valence electrons. The summed E-state index contributed by atoms with van der Waals surface area (Å²) in [4.78, 5) is 35.6. The molecule has 1 heterocycles. The zero-order valence-electron chi connectivity index (χ0n) is 12.4. The molecule has 0 aliphatic carbocycles. The van der Waals surface area contributed by atoms with Crippen LogP contribution in [0, 0.1) is 11.3 Å². The van der Waals surface area contributed by atoms with Crippen molar-refractivity contribution >= 4 is 17.9 Å². The Bertz CT molecular complexity index is 406. The number of carboxylic acids is 1. The van der Waals surface area contributed by atoms with Gasteiger partial charge in [-0.05, 0) is 11.3 Å². The predicted octanol–water partition coefficient (Wildman–Crippen LogP) is 0.263. The molecule has 1 aliphatic heterocycles. The molecule has 3 amide bonds. The molecule has 1 unspecified atom stereocenters. The highest BCUT2D eigenvalue weighted by Gasteiger charge is 2.35. The number of nitrogens with zero attached hydrogens (tertiary/aromatic N) is 1. The molecule has 1 rings (SSSR count). The Morgan fingerprint density at radius 3 is 2.60 bits per heavy atom. The first-order valence-electron chi connectivity index (χ1n) is 6.69. The minimum Gasteiger partial charge on any atom is -0.480 e. The van der Waals surface area contributed by atoms with Crippen molar-refractivity contribution in [1.82, 2.24) is 15.5 Å². The van der Waals surface area contributed by atoms with E-state index < -0.39 is 18.0 Å². The smallest absolute Gasteiger partial charge is 0.328 e. The number of hydrogen-bond donors (Lipinski definition) is 3. The average Bonchev–Trinajstić information content (AvgIpc) is 2.35. The van der Waals surface area contributed by atoms with Crippen LogP contribution < -0.4 is 10.6 Å². The van der Waals surface area contributed by atoms with Gasteiger partial charge in [0.15, 0.2) is 0 Å². The highest BCUT2D eigenvalue weighted by Crippen LogP contribution is 2.24. The predicted molar refractivity (Wildman–Crippen MR) is 73.2 cm³/mol. The summed E-state index contributed by atoms with van der Waals surface area (Å²) < 4.78 is 0. The van der Waals surface area contributed by atoms with E-state index in [9.17, 15) is 14.4 Å². The summed E-state index contributed by atoms with van der Waals surface area (Å²) in [5.74, 6) is -1.10. The fourth-order valence-electron chi connectivity index (χ4n) is 1.68. The van der Waals surface area contributed by atoms with Crippen LogP contribution in [0.15, 0.2) is 0 Å². The Hall–Kier alpha value is -1.79. The standard InChI is InChI=1S/C13H23N3O4/c1-8(2)13(3,4)7-15-12(20)16-6-10(17)14-5-9(16)11(18)19/h8-9H,5-7H2,1-4H3,(H,14,17)(H,15,20)(H,18,19). The summed E-state index contributed by atoms with van der Waals surface area (Å²) in [5.41, 5.74) is -0.105. The normalized spacial score (nSPS) is 19.8. The number of piperazine rings is 1. The molecule has 1 fully saturated rings. The lowest BCUT2D eigenvalue weighted by molar-refractivity contribution is -0.144. The number of carbonyl (C=O) groups excluding carboxylic acids is 2. The third-order valence-corrected chi connectivity index (χ3v) is 3.99. The molecular formula is C13H23N3O4. The van der Waals surface area contributed by atoms with Gasteiger partial charge < -0.3 is 15.7 Å². The molecule has 0 aromatic rings. The van der Waals surface area contributed by atoms with Gasteiger partial charge in [0, 0.05) is 13.1 Å². The van der Waals surface area contributed by atoms with E-state index in [2.05, 4.69) is 24.5 Å². The highest BCUT2D eigenvalue weighted by molar-refractivity contribution is 5.90. The van der Waals surface area contributed by atoms with Gasteiger partial charge in [-0.2, -0.15) is 0 Å². The van der Waals surface area contributed by atoms with Crippen LogP contribution in [0.2, 0.25) is 0 Å². The van der Waals surface area contributed by atoms with E-state index in [0.717, 1.165) is 4.90 Å². The molecule has 20 heavy (non-hydrogen) atoms. The van der Waals surface area contributed by atoms with Gasteiger partial charge in [0.25, 0.3) is 0 Å². The van der Waals surface area contributed by atoms with E-state index in [1.54, 1.807) is 0 Å². The molecule has 0 bridgehead atoms. The SMILES string of the molecule is CC(C)C(C)(C)CNC(=O)N1CC(=O)NCC1C(=O)O. The topological polar surface area (TPSA) is 98.7 Å². The monoisotopic (exact) mass is 285 g/mol. The van der Waals surface area contributed by atoms with Crippen molar-refractivity contribution in [2.75, 3.05) is 19.6 Å². The van der Waals surface area contributed by atoms with E-state index in [0.29, 0.717) is 12.5 Å². The lowest BCUT2D eigenvalue weighted by Crippen LogP contribution is -2.61. The lowest BCUT2D eigenvalue weighted by Gasteiger charge is -2.35. The third kappa shape index (κ3) is 3.85. The number of rotatable bonds is 4. The maximum absolute atomic E-state index is 12.1. The quantitative estimate of drug-likeness (QED) is 0.690. The van der Waals surface area contributed by atoms with Gasteiger partial charge in [-0.1, -0.05) is 27.7 Å². The largest absolute Gasteiger partial charge is 0.480 e. The molecule has 0 aromatic carbocycles. The second-order valence-corrected chi connectivity index (χ2v) is 6.09. The van der Waals surface area contributed by atoms with Crippen LogP contribution in [0.4, 0.5) is 4.79 Å². The van der Waals surface area contributed by atoms with Crippen LogP contribution in [-0.4, -0.2) is 53.6 Å². The van der Waals surface area contributed by atoms with Gasteiger partial charge in [0.05, 0.1) is 0 Å². The Morgan fingerprint density at radius 2 is 2.10 bits per heavy atom.